The molecule has 2 rings (SSSR count). The molecule has 0 amide bonds. The molecule has 0 radical (unpaired) electrons. The van der Waals surface area contributed by atoms with Gasteiger partial charge in [-0.2, -0.15) is 0 Å². The Morgan fingerprint density at radius 2 is 2.10 bits per heavy atom. The lowest BCUT2D eigenvalue weighted by Gasteiger charge is -2.15. The zero-order chi connectivity index (χ0) is 14.9. The number of hydrogen-bond donors (Lipinski definition) is 0. The Hall–Kier alpha value is -2.10. The summed E-state index contributed by atoms with van der Waals surface area (Å²) in [6.07, 6.45) is 0.234. The molecule has 1 heterocycles. The summed E-state index contributed by atoms with van der Waals surface area (Å²) in [4.78, 5) is 22.9. The number of ether oxygens (including phenoxy) is 1. The second-order valence-electron chi connectivity index (χ2n) is 4.88. The zero-order valence-electron chi connectivity index (χ0n) is 12.1. The predicted molar refractivity (Wildman–Crippen MR) is 77.4 cm³/mol. The van der Waals surface area contributed by atoms with Gasteiger partial charge >= 0.3 is 5.63 Å². The van der Waals surface area contributed by atoms with E-state index in [1.54, 1.807) is 6.92 Å². The third-order valence-corrected chi connectivity index (χ3v) is 3.45. The summed E-state index contributed by atoms with van der Waals surface area (Å²) < 4.78 is 10.9. The largest absolute Gasteiger partial charge is 0.483 e. The van der Waals surface area contributed by atoms with Crippen molar-refractivity contribution in [3.63, 3.8) is 0 Å². The van der Waals surface area contributed by atoms with Crippen LogP contribution in [0, 0.1) is 6.92 Å². The summed E-state index contributed by atoms with van der Waals surface area (Å²) >= 11 is 0. The number of ketones is 1. The monoisotopic (exact) mass is 274 g/mol. The first-order valence-corrected chi connectivity index (χ1v) is 6.67. The Morgan fingerprint density at radius 3 is 2.70 bits per heavy atom. The van der Waals surface area contributed by atoms with Crippen LogP contribution < -0.4 is 10.4 Å². The molecule has 0 aliphatic rings. The number of rotatable bonds is 4. The number of aryl methyl sites for hydroxylation is 2. The highest BCUT2D eigenvalue weighted by Crippen LogP contribution is 2.29. The standard InChI is InChI=1S/C16H18O4/c1-5-12-8-15(18)20-16-9(2)14(7-6-13(12)16)19-11(4)10(3)17/h6-8,11H,5H2,1-4H3/t11-/m1/s1. The van der Waals surface area contributed by atoms with Gasteiger partial charge in [0, 0.05) is 17.0 Å². The van der Waals surface area contributed by atoms with Crippen molar-refractivity contribution in [2.75, 3.05) is 0 Å². The molecule has 0 fully saturated rings. The maximum absolute atomic E-state index is 11.6. The average molecular weight is 274 g/mol. The maximum Gasteiger partial charge on any atom is 0.336 e. The second kappa shape index (κ2) is 5.49. The van der Waals surface area contributed by atoms with Crippen LogP contribution in [0.1, 0.15) is 31.9 Å². The summed E-state index contributed by atoms with van der Waals surface area (Å²) in [5, 5.41) is 0.910. The van der Waals surface area contributed by atoms with Gasteiger partial charge < -0.3 is 9.15 Å². The molecule has 0 saturated carbocycles. The van der Waals surface area contributed by atoms with Gasteiger partial charge in [0.05, 0.1) is 0 Å². The fourth-order valence-corrected chi connectivity index (χ4v) is 2.10. The van der Waals surface area contributed by atoms with E-state index in [9.17, 15) is 9.59 Å². The minimum atomic E-state index is -0.521. The summed E-state index contributed by atoms with van der Waals surface area (Å²) in [5.41, 5.74) is 1.85. The van der Waals surface area contributed by atoms with Crippen molar-refractivity contribution in [3.8, 4) is 5.75 Å². The van der Waals surface area contributed by atoms with E-state index in [0.29, 0.717) is 11.3 Å². The van der Waals surface area contributed by atoms with Crippen molar-refractivity contribution in [1.29, 1.82) is 0 Å². The number of fused-ring (bicyclic) bond motifs is 1. The van der Waals surface area contributed by atoms with Gasteiger partial charge in [0.15, 0.2) is 11.9 Å². The Bertz CT molecular complexity index is 712. The van der Waals surface area contributed by atoms with Crippen molar-refractivity contribution in [3.05, 3.63) is 39.7 Å². The number of carbonyl (C=O) groups is 1. The van der Waals surface area contributed by atoms with Crippen LogP contribution >= 0.6 is 0 Å². The van der Waals surface area contributed by atoms with Crippen LogP contribution in [0.2, 0.25) is 0 Å². The summed E-state index contributed by atoms with van der Waals surface area (Å²) in [6.45, 7) is 7.00. The van der Waals surface area contributed by atoms with Crippen molar-refractivity contribution in [2.24, 2.45) is 0 Å². The third kappa shape index (κ3) is 2.59. The highest BCUT2D eigenvalue weighted by atomic mass is 16.5. The molecule has 1 aromatic heterocycles. The number of carbonyl (C=O) groups excluding carboxylic acids is 1. The minimum Gasteiger partial charge on any atom is -0.483 e. The molecule has 20 heavy (non-hydrogen) atoms. The Labute approximate surface area is 117 Å². The van der Waals surface area contributed by atoms with E-state index in [4.69, 9.17) is 9.15 Å². The molecule has 0 aliphatic carbocycles. The van der Waals surface area contributed by atoms with E-state index < -0.39 is 6.10 Å². The van der Waals surface area contributed by atoms with Gasteiger partial charge in [0.25, 0.3) is 0 Å². The van der Waals surface area contributed by atoms with Crippen molar-refractivity contribution >= 4 is 16.8 Å². The van der Waals surface area contributed by atoms with Crippen LogP contribution in [0.25, 0.3) is 11.0 Å². The molecule has 4 nitrogen and oxygen atoms in total. The molecule has 0 bridgehead atoms. The van der Waals surface area contributed by atoms with E-state index in [1.807, 2.05) is 26.0 Å². The van der Waals surface area contributed by atoms with Crippen molar-refractivity contribution in [1.82, 2.24) is 0 Å². The Kier molecular flexibility index (Phi) is 3.93. The summed E-state index contributed by atoms with van der Waals surface area (Å²) in [6, 6.07) is 5.20. The molecule has 0 aliphatic heterocycles. The lowest BCUT2D eigenvalue weighted by molar-refractivity contribution is -0.122. The summed E-state index contributed by atoms with van der Waals surface area (Å²) in [5.74, 6) is 0.518. The first kappa shape index (κ1) is 14.3. The summed E-state index contributed by atoms with van der Waals surface area (Å²) in [7, 11) is 0. The lowest BCUT2D eigenvalue weighted by atomic mass is 10.0. The van der Waals surface area contributed by atoms with Gasteiger partial charge in [-0.15, -0.1) is 0 Å². The molecule has 0 saturated heterocycles. The van der Waals surface area contributed by atoms with Gasteiger partial charge in [-0.1, -0.05) is 6.92 Å². The molecule has 0 spiro atoms. The zero-order valence-corrected chi connectivity index (χ0v) is 12.1. The first-order chi connectivity index (χ1) is 9.43. The molecule has 1 aromatic carbocycles. The van der Waals surface area contributed by atoms with Crippen molar-refractivity contribution < 1.29 is 13.9 Å². The van der Waals surface area contributed by atoms with Crippen LogP contribution in [0.4, 0.5) is 0 Å². The van der Waals surface area contributed by atoms with E-state index in [2.05, 4.69) is 0 Å². The smallest absolute Gasteiger partial charge is 0.336 e. The molecule has 2 aromatic rings. The quantitative estimate of drug-likeness (QED) is 0.804. The first-order valence-electron chi connectivity index (χ1n) is 6.67. The van der Waals surface area contributed by atoms with E-state index in [-0.39, 0.29) is 11.4 Å². The number of benzene rings is 1. The molecule has 106 valence electrons. The minimum absolute atomic E-state index is 0.0479. The Balaban J connectivity index is 2.59. The van der Waals surface area contributed by atoms with Crippen molar-refractivity contribution in [2.45, 2.75) is 40.2 Å². The molecular weight excluding hydrogens is 256 g/mol. The SMILES string of the molecule is CCc1cc(=O)oc2c(C)c(O[C@H](C)C(C)=O)ccc12. The topological polar surface area (TPSA) is 56.5 Å². The number of hydrogen-bond acceptors (Lipinski definition) is 4. The third-order valence-electron chi connectivity index (χ3n) is 3.45. The Morgan fingerprint density at radius 1 is 1.40 bits per heavy atom. The fourth-order valence-electron chi connectivity index (χ4n) is 2.10. The molecular formula is C16H18O4. The highest BCUT2D eigenvalue weighted by Gasteiger charge is 2.15. The van der Waals surface area contributed by atoms with Crippen LogP contribution in [0.5, 0.6) is 5.75 Å². The van der Waals surface area contributed by atoms with E-state index in [0.717, 1.165) is 22.9 Å². The van der Waals surface area contributed by atoms with Gasteiger partial charge in [0.1, 0.15) is 11.3 Å². The molecule has 0 unspecified atom stereocenters. The highest BCUT2D eigenvalue weighted by molar-refractivity contribution is 5.85. The van der Waals surface area contributed by atoms with Crippen LogP contribution in [-0.2, 0) is 11.2 Å². The fraction of sp³-hybridized carbons (Fsp3) is 0.375. The molecule has 0 N–H and O–H groups in total. The molecule has 4 heteroatoms. The predicted octanol–water partition coefficient (Wildman–Crippen LogP) is 3.02. The lowest BCUT2D eigenvalue weighted by Crippen LogP contribution is -2.21. The number of Topliss-reactive ketones (excluding diaryl/α,β-unsaturated/α-hetero) is 1. The van der Waals surface area contributed by atoms with E-state index >= 15 is 0 Å². The normalized spacial score (nSPS) is 12.4. The van der Waals surface area contributed by atoms with Crippen LogP contribution in [0.3, 0.4) is 0 Å². The van der Waals surface area contributed by atoms with Gasteiger partial charge in [-0.3, -0.25) is 4.79 Å². The van der Waals surface area contributed by atoms with Gasteiger partial charge in [-0.05, 0) is 44.9 Å². The molecule has 1 atom stereocenters. The van der Waals surface area contributed by atoms with Gasteiger partial charge in [-0.25, -0.2) is 4.79 Å². The van der Waals surface area contributed by atoms with Crippen LogP contribution in [0.15, 0.2) is 27.4 Å². The van der Waals surface area contributed by atoms with Crippen LogP contribution in [-0.4, -0.2) is 11.9 Å². The average Bonchev–Trinajstić information content (AvgIpc) is 2.41. The second-order valence-corrected chi connectivity index (χ2v) is 4.88. The maximum atomic E-state index is 11.6. The van der Waals surface area contributed by atoms with E-state index in [1.165, 1.54) is 13.0 Å². The van der Waals surface area contributed by atoms with Gasteiger partial charge in [0.2, 0.25) is 0 Å².